The lowest BCUT2D eigenvalue weighted by Gasteiger charge is -2.15. The Morgan fingerprint density at radius 3 is 2.78 bits per heavy atom. The van der Waals surface area contributed by atoms with Crippen LogP contribution >= 0.6 is 0 Å². The number of aliphatic hydroxyl groups excluding tert-OH is 2. The minimum Gasteiger partial charge on any atom is -0.396 e. The number of hydrogen-bond donors (Lipinski definition) is 3. The molecule has 0 aliphatic heterocycles. The summed E-state index contributed by atoms with van der Waals surface area (Å²) in [7, 11) is 0. The molecule has 1 aliphatic rings. The van der Waals surface area contributed by atoms with Gasteiger partial charge in [0.15, 0.2) is 0 Å². The Bertz CT molecular complexity index is 610. The first kappa shape index (κ1) is 12.6. The molecule has 18 heavy (non-hydrogen) atoms. The summed E-state index contributed by atoms with van der Waals surface area (Å²) in [5.41, 5.74) is -1.56. The third-order valence-corrected chi connectivity index (χ3v) is 3.55. The molecule has 2 atom stereocenters. The average Bonchev–Trinajstić information content (AvgIpc) is 3.07. The number of aromatic amines is 1. The maximum atomic E-state index is 11.6. The van der Waals surface area contributed by atoms with Gasteiger partial charge in [0.25, 0.3) is 5.56 Å². The molecule has 1 aliphatic carbocycles. The van der Waals surface area contributed by atoms with Crippen molar-refractivity contribution >= 4 is 0 Å². The van der Waals surface area contributed by atoms with Crippen molar-refractivity contribution in [2.75, 3.05) is 13.2 Å². The summed E-state index contributed by atoms with van der Waals surface area (Å²) in [5.74, 6) is 2.18. The number of terminal acetylenes is 1. The molecule has 1 fully saturated rings. The minimum atomic E-state index is -0.591. The Morgan fingerprint density at radius 2 is 2.28 bits per heavy atom. The van der Waals surface area contributed by atoms with Crippen LogP contribution in [0.25, 0.3) is 0 Å². The molecule has 0 aromatic carbocycles. The Balaban J connectivity index is 2.34. The number of aromatic nitrogens is 2. The van der Waals surface area contributed by atoms with E-state index in [0.29, 0.717) is 6.42 Å². The van der Waals surface area contributed by atoms with E-state index in [1.54, 1.807) is 0 Å². The maximum Gasteiger partial charge on any atom is 0.328 e. The second kappa shape index (κ2) is 4.44. The van der Waals surface area contributed by atoms with E-state index in [1.807, 2.05) is 0 Å². The van der Waals surface area contributed by atoms with Gasteiger partial charge in [-0.3, -0.25) is 14.3 Å². The van der Waals surface area contributed by atoms with Crippen LogP contribution in [0.3, 0.4) is 0 Å². The van der Waals surface area contributed by atoms with E-state index in [4.69, 9.17) is 11.5 Å². The monoisotopic (exact) mass is 250 g/mol. The number of rotatable bonds is 4. The van der Waals surface area contributed by atoms with E-state index in [2.05, 4.69) is 10.9 Å². The van der Waals surface area contributed by atoms with Gasteiger partial charge in [0, 0.05) is 24.8 Å². The molecule has 2 rings (SSSR count). The van der Waals surface area contributed by atoms with Crippen molar-refractivity contribution in [2.24, 2.45) is 11.3 Å². The molecule has 96 valence electrons. The van der Waals surface area contributed by atoms with Crippen LogP contribution in [0.4, 0.5) is 0 Å². The molecular formula is C12H14N2O4. The van der Waals surface area contributed by atoms with Gasteiger partial charge >= 0.3 is 5.69 Å². The SMILES string of the molecule is C#Cc1cn(CC2(CO)CC2CO)c(=O)[nH]c1=O. The predicted molar refractivity (Wildman–Crippen MR) is 64.0 cm³/mol. The lowest BCUT2D eigenvalue weighted by atomic mass is 10.1. The molecule has 1 aromatic heterocycles. The lowest BCUT2D eigenvalue weighted by Crippen LogP contribution is -2.34. The zero-order valence-electron chi connectivity index (χ0n) is 9.72. The average molecular weight is 250 g/mol. The smallest absolute Gasteiger partial charge is 0.328 e. The highest BCUT2D eigenvalue weighted by Crippen LogP contribution is 2.52. The molecule has 0 bridgehead atoms. The standard InChI is InChI=1S/C12H14N2O4/c1-2-8-4-14(11(18)13-10(8)17)6-12(7-16)3-9(12)5-15/h1,4,9,15-16H,3,5-7H2,(H,13,17,18). The van der Waals surface area contributed by atoms with Crippen molar-refractivity contribution in [3.63, 3.8) is 0 Å². The van der Waals surface area contributed by atoms with Gasteiger partial charge in [-0.1, -0.05) is 5.92 Å². The van der Waals surface area contributed by atoms with Crippen molar-refractivity contribution < 1.29 is 10.2 Å². The van der Waals surface area contributed by atoms with Crippen LogP contribution in [0, 0.1) is 23.7 Å². The van der Waals surface area contributed by atoms with Crippen molar-refractivity contribution in [3.8, 4) is 12.3 Å². The topological polar surface area (TPSA) is 95.3 Å². The molecule has 3 N–H and O–H groups in total. The van der Waals surface area contributed by atoms with E-state index in [-0.39, 0.29) is 31.2 Å². The highest BCUT2D eigenvalue weighted by molar-refractivity contribution is 5.26. The Morgan fingerprint density at radius 1 is 1.56 bits per heavy atom. The summed E-state index contributed by atoms with van der Waals surface area (Å²) in [6.07, 6.45) is 7.12. The fraction of sp³-hybridized carbons (Fsp3) is 0.500. The zero-order valence-corrected chi connectivity index (χ0v) is 9.72. The fourth-order valence-electron chi connectivity index (χ4n) is 2.20. The van der Waals surface area contributed by atoms with Gasteiger partial charge in [0.05, 0.1) is 6.61 Å². The summed E-state index contributed by atoms with van der Waals surface area (Å²) in [6.45, 7) is 0.0921. The van der Waals surface area contributed by atoms with Gasteiger partial charge in [-0.15, -0.1) is 6.42 Å². The highest BCUT2D eigenvalue weighted by atomic mass is 16.3. The van der Waals surface area contributed by atoms with Crippen molar-refractivity contribution in [2.45, 2.75) is 13.0 Å². The normalized spacial score (nSPS) is 25.7. The third kappa shape index (κ3) is 1.98. The van der Waals surface area contributed by atoms with E-state index < -0.39 is 16.7 Å². The molecular weight excluding hydrogens is 236 g/mol. The van der Waals surface area contributed by atoms with E-state index in [9.17, 15) is 14.7 Å². The van der Waals surface area contributed by atoms with Crippen molar-refractivity contribution in [3.05, 3.63) is 32.6 Å². The zero-order chi connectivity index (χ0) is 13.3. The van der Waals surface area contributed by atoms with Crippen LogP contribution in [0.5, 0.6) is 0 Å². The second-order valence-corrected chi connectivity index (χ2v) is 4.68. The lowest BCUT2D eigenvalue weighted by molar-refractivity contribution is 0.156. The Labute approximate surface area is 103 Å². The molecule has 0 amide bonds. The van der Waals surface area contributed by atoms with Gasteiger partial charge in [-0.2, -0.15) is 0 Å². The first-order valence-corrected chi connectivity index (χ1v) is 5.58. The summed E-state index contributed by atoms with van der Waals surface area (Å²) >= 11 is 0. The van der Waals surface area contributed by atoms with E-state index in [1.165, 1.54) is 10.8 Å². The summed E-state index contributed by atoms with van der Waals surface area (Å²) in [5, 5.41) is 18.4. The number of hydrogen-bond acceptors (Lipinski definition) is 4. The first-order valence-electron chi connectivity index (χ1n) is 5.58. The fourth-order valence-corrected chi connectivity index (χ4v) is 2.20. The number of H-pyrrole nitrogens is 1. The second-order valence-electron chi connectivity index (χ2n) is 4.68. The first-order chi connectivity index (χ1) is 8.56. The van der Waals surface area contributed by atoms with Crippen LogP contribution in [-0.4, -0.2) is 33.0 Å². The Kier molecular flexibility index (Phi) is 3.11. The molecule has 1 aromatic rings. The highest BCUT2D eigenvalue weighted by Gasteiger charge is 2.53. The number of nitrogens with zero attached hydrogens (tertiary/aromatic N) is 1. The van der Waals surface area contributed by atoms with Gasteiger partial charge in [0.1, 0.15) is 5.56 Å². The summed E-state index contributed by atoms with van der Waals surface area (Å²) < 4.78 is 1.28. The molecule has 0 saturated heterocycles. The van der Waals surface area contributed by atoms with Crippen LogP contribution in [0.1, 0.15) is 12.0 Å². The van der Waals surface area contributed by atoms with E-state index in [0.717, 1.165) is 0 Å². The summed E-state index contributed by atoms with van der Waals surface area (Å²) in [4.78, 5) is 25.0. The molecule has 2 unspecified atom stereocenters. The van der Waals surface area contributed by atoms with Crippen LogP contribution in [-0.2, 0) is 6.54 Å². The summed E-state index contributed by atoms with van der Waals surface area (Å²) in [6, 6.07) is 0. The molecule has 0 radical (unpaired) electrons. The Hall–Kier alpha value is -1.84. The van der Waals surface area contributed by atoms with Crippen molar-refractivity contribution in [1.82, 2.24) is 9.55 Å². The molecule has 6 nitrogen and oxygen atoms in total. The molecule has 1 saturated carbocycles. The quantitative estimate of drug-likeness (QED) is 0.567. The van der Waals surface area contributed by atoms with E-state index >= 15 is 0 Å². The predicted octanol–water partition coefficient (Wildman–Crippen LogP) is -1.49. The van der Waals surface area contributed by atoms with Crippen molar-refractivity contribution in [1.29, 1.82) is 0 Å². The van der Waals surface area contributed by atoms with Gasteiger partial charge in [0.2, 0.25) is 0 Å². The van der Waals surface area contributed by atoms with Crippen LogP contribution < -0.4 is 11.2 Å². The molecule has 0 spiro atoms. The van der Waals surface area contributed by atoms with Gasteiger partial charge in [-0.05, 0) is 12.3 Å². The minimum absolute atomic E-state index is 0.0180. The van der Waals surface area contributed by atoms with Crippen LogP contribution in [0.2, 0.25) is 0 Å². The maximum absolute atomic E-state index is 11.6. The number of nitrogens with one attached hydrogen (secondary N) is 1. The molecule has 1 heterocycles. The largest absolute Gasteiger partial charge is 0.396 e. The third-order valence-electron chi connectivity index (χ3n) is 3.55. The number of aliphatic hydroxyl groups is 2. The molecule has 6 heteroatoms. The van der Waals surface area contributed by atoms with Gasteiger partial charge < -0.3 is 10.2 Å². The van der Waals surface area contributed by atoms with Crippen LogP contribution in [0.15, 0.2) is 15.8 Å². The van der Waals surface area contributed by atoms with Gasteiger partial charge in [-0.25, -0.2) is 4.79 Å².